The Bertz CT molecular complexity index is 1440. The Morgan fingerprint density at radius 1 is 0.400 bits per heavy atom. The molecular weight excluding hydrogens is 572 g/mol. The van der Waals surface area contributed by atoms with Crippen LogP contribution in [0.2, 0.25) is 0 Å². The number of hydrogen-bond acceptors (Lipinski definition) is 8. The zero-order valence-electron chi connectivity index (χ0n) is 25.8. The van der Waals surface area contributed by atoms with Crippen LogP contribution in [0.3, 0.4) is 0 Å². The van der Waals surface area contributed by atoms with Crippen molar-refractivity contribution in [3.8, 4) is 0 Å². The molecule has 0 fully saturated rings. The molecule has 0 aliphatic rings. The summed E-state index contributed by atoms with van der Waals surface area (Å²) in [6.07, 6.45) is 0. The number of esters is 4. The van der Waals surface area contributed by atoms with Crippen LogP contribution in [0.5, 0.6) is 0 Å². The van der Waals surface area contributed by atoms with Gasteiger partial charge in [0.15, 0.2) is 0 Å². The Kier molecular flexibility index (Phi) is 10.9. The largest absolute Gasteiger partial charge is 0.461 e. The summed E-state index contributed by atoms with van der Waals surface area (Å²) in [5, 5.41) is 0. The summed E-state index contributed by atoms with van der Waals surface area (Å²) >= 11 is 0. The molecule has 0 saturated carbocycles. The van der Waals surface area contributed by atoms with E-state index in [0.717, 1.165) is 0 Å². The number of carbonyl (C=O) groups is 4. The second-order valence-electron chi connectivity index (χ2n) is 11.1. The summed E-state index contributed by atoms with van der Waals surface area (Å²) in [6.45, 7) is 5.58. The van der Waals surface area contributed by atoms with E-state index in [1.807, 2.05) is 0 Å². The Labute approximate surface area is 262 Å². The summed E-state index contributed by atoms with van der Waals surface area (Å²) < 4.78 is 23.0. The van der Waals surface area contributed by atoms with E-state index in [4.69, 9.17) is 18.9 Å². The molecule has 45 heavy (non-hydrogen) atoms. The number of carbonyl (C=O) groups excluding carboxylic acids is 4. The van der Waals surface area contributed by atoms with Gasteiger partial charge in [0.25, 0.3) is 0 Å². The molecule has 0 radical (unpaired) electrons. The maximum Gasteiger partial charge on any atom is 0.338 e. The standard InChI is InChI=1S/C37H36O8/c1-25-13-5-9-17-29(25)33(38)42-21-37(22-43-34(39)30-18-10-6-14-26(30)2,23-44-35(40)31-19-11-7-15-27(31)3)24-45-36(41)32-20-12-8-16-28(32)4/h5-20H,21-24H2,1-4H3. The number of rotatable bonds is 12. The summed E-state index contributed by atoms with van der Waals surface area (Å²) in [4.78, 5) is 52.7. The zero-order valence-corrected chi connectivity index (χ0v) is 25.8. The van der Waals surface area contributed by atoms with E-state index in [1.165, 1.54) is 0 Å². The Morgan fingerprint density at radius 2 is 0.600 bits per heavy atom. The van der Waals surface area contributed by atoms with Crippen LogP contribution in [0.25, 0.3) is 0 Å². The maximum atomic E-state index is 13.2. The first-order valence-corrected chi connectivity index (χ1v) is 14.5. The Hall–Kier alpha value is -5.24. The van der Waals surface area contributed by atoms with Crippen molar-refractivity contribution in [2.24, 2.45) is 5.41 Å². The molecule has 0 unspecified atom stereocenters. The number of benzene rings is 4. The third-order valence-corrected chi connectivity index (χ3v) is 7.50. The van der Waals surface area contributed by atoms with Gasteiger partial charge in [0.1, 0.15) is 31.8 Å². The highest BCUT2D eigenvalue weighted by Crippen LogP contribution is 2.25. The van der Waals surface area contributed by atoms with Crippen molar-refractivity contribution in [1.29, 1.82) is 0 Å². The van der Waals surface area contributed by atoms with E-state index < -0.39 is 29.3 Å². The molecule has 232 valence electrons. The molecule has 0 aliphatic carbocycles. The van der Waals surface area contributed by atoms with Crippen LogP contribution in [0, 0.1) is 33.1 Å². The highest BCUT2D eigenvalue weighted by Gasteiger charge is 2.39. The lowest BCUT2D eigenvalue weighted by molar-refractivity contribution is -0.0642. The fourth-order valence-corrected chi connectivity index (χ4v) is 4.64. The molecule has 0 spiro atoms. The summed E-state index contributed by atoms with van der Waals surface area (Å²) in [5.74, 6) is -2.51. The van der Waals surface area contributed by atoms with Gasteiger partial charge in [-0.05, 0) is 74.2 Å². The molecule has 0 heterocycles. The van der Waals surface area contributed by atoms with Crippen LogP contribution >= 0.6 is 0 Å². The van der Waals surface area contributed by atoms with Crippen LogP contribution in [-0.2, 0) is 18.9 Å². The number of ether oxygens (including phenoxy) is 4. The van der Waals surface area contributed by atoms with Crippen molar-refractivity contribution in [2.45, 2.75) is 27.7 Å². The summed E-state index contributed by atoms with van der Waals surface area (Å²) in [7, 11) is 0. The smallest absolute Gasteiger partial charge is 0.338 e. The molecule has 4 aromatic carbocycles. The van der Waals surface area contributed by atoms with E-state index in [0.29, 0.717) is 44.5 Å². The van der Waals surface area contributed by atoms with Crippen LogP contribution in [-0.4, -0.2) is 50.3 Å². The van der Waals surface area contributed by atoms with Crippen molar-refractivity contribution in [3.05, 3.63) is 142 Å². The third kappa shape index (κ3) is 8.44. The van der Waals surface area contributed by atoms with Crippen LogP contribution < -0.4 is 0 Å². The van der Waals surface area contributed by atoms with Gasteiger partial charge in [0.05, 0.1) is 22.3 Å². The predicted molar refractivity (Wildman–Crippen MR) is 168 cm³/mol. The minimum atomic E-state index is -1.45. The molecule has 8 nitrogen and oxygen atoms in total. The Balaban J connectivity index is 1.65. The lowest BCUT2D eigenvalue weighted by Crippen LogP contribution is -2.44. The minimum absolute atomic E-state index is 0.345. The molecule has 0 N–H and O–H groups in total. The lowest BCUT2D eigenvalue weighted by atomic mass is 9.91. The van der Waals surface area contributed by atoms with E-state index >= 15 is 0 Å². The average Bonchev–Trinajstić information content (AvgIpc) is 3.04. The molecule has 0 aliphatic heterocycles. The zero-order chi connectivity index (χ0) is 32.4. The van der Waals surface area contributed by atoms with Crippen LogP contribution in [0.15, 0.2) is 97.1 Å². The van der Waals surface area contributed by atoms with Crippen molar-refractivity contribution in [1.82, 2.24) is 0 Å². The van der Waals surface area contributed by atoms with E-state index in [1.54, 1.807) is 125 Å². The van der Waals surface area contributed by atoms with Gasteiger partial charge in [0.2, 0.25) is 0 Å². The first-order valence-electron chi connectivity index (χ1n) is 14.5. The van der Waals surface area contributed by atoms with Crippen molar-refractivity contribution in [2.75, 3.05) is 26.4 Å². The van der Waals surface area contributed by atoms with Crippen molar-refractivity contribution in [3.63, 3.8) is 0 Å². The SMILES string of the molecule is Cc1ccccc1C(=O)OCC(COC(=O)c1ccccc1C)(COC(=O)c1ccccc1C)COC(=O)c1ccccc1C. The van der Waals surface area contributed by atoms with Gasteiger partial charge < -0.3 is 18.9 Å². The molecular formula is C37H36O8. The monoisotopic (exact) mass is 608 g/mol. The maximum absolute atomic E-state index is 13.2. The molecule has 0 atom stereocenters. The molecule has 0 aromatic heterocycles. The second kappa shape index (κ2) is 15.0. The first-order chi connectivity index (χ1) is 21.6. The summed E-state index contributed by atoms with van der Waals surface area (Å²) in [5.41, 5.74) is 2.75. The quantitative estimate of drug-likeness (QED) is 0.130. The molecule has 8 heteroatoms. The number of hydrogen-bond donors (Lipinski definition) is 0. The van der Waals surface area contributed by atoms with E-state index in [2.05, 4.69) is 0 Å². The average molecular weight is 609 g/mol. The molecule has 0 bridgehead atoms. The van der Waals surface area contributed by atoms with Crippen LogP contribution in [0.1, 0.15) is 63.7 Å². The van der Waals surface area contributed by atoms with Gasteiger partial charge in [-0.25, -0.2) is 19.2 Å². The van der Waals surface area contributed by atoms with E-state index in [-0.39, 0.29) is 26.4 Å². The predicted octanol–water partition coefficient (Wildman–Crippen LogP) is 6.63. The van der Waals surface area contributed by atoms with Gasteiger partial charge in [-0.1, -0.05) is 72.8 Å². The fraction of sp³-hybridized carbons (Fsp3) is 0.243. The van der Waals surface area contributed by atoms with Crippen molar-refractivity contribution < 1.29 is 38.1 Å². The normalized spacial score (nSPS) is 10.9. The molecule has 4 rings (SSSR count). The number of aryl methyl sites for hydroxylation is 4. The topological polar surface area (TPSA) is 105 Å². The molecule has 0 amide bonds. The minimum Gasteiger partial charge on any atom is -0.461 e. The van der Waals surface area contributed by atoms with Gasteiger partial charge in [-0.2, -0.15) is 0 Å². The first kappa shape index (κ1) is 32.7. The lowest BCUT2D eigenvalue weighted by Gasteiger charge is -2.32. The van der Waals surface area contributed by atoms with Gasteiger partial charge >= 0.3 is 23.9 Å². The van der Waals surface area contributed by atoms with Gasteiger partial charge in [0, 0.05) is 0 Å². The summed E-state index contributed by atoms with van der Waals surface area (Å²) in [6, 6.07) is 27.7. The molecule has 0 saturated heterocycles. The highest BCUT2D eigenvalue weighted by molar-refractivity contribution is 5.93. The molecule has 4 aromatic rings. The Morgan fingerprint density at radius 3 is 0.800 bits per heavy atom. The third-order valence-electron chi connectivity index (χ3n) is 7.50. The highest BCUT2D eigenvalue weighted by atomic mass is 16.6. The fourth-order valence-electron chi connectivity index (χ4n) is 4.64. The van der Waals surface area contributed by atoms with Crippen LogP contribution in [0.4, 0.5) is 0 Å². The van der Waals surface area contributed by atoms with E-state index in [9.17, 15) is 19.2 Å². The second-order valence-corrected chi connectivity index (χ2v) is 11.1. The van der Waals surface area contributed by atoms with Crippen molar-refractivity contribution >= 4 is 23.9 Å². The van der Waals surface area contributed by atoms with Gasteiger partial charge in [-0.3, -0.25) is 0 Å². The van der Waals surface area contributed by atoms with Gasteiger partial charge in [-0.15, -0.1) is 0 Å².